The van der Waals surface area contributed by atoms with E-state index in [1.807, 2.05) is 4.90 Å². The zero-order chi connectivity index (χ0) is 14.7. The number of rotatable bonds is 3. The topological polar surface area (TPSA) is 71.5 Å². The number of amides is 1. The fraction of sp³-hybridized carbons (Fsp3) is 0.583. The molecular weight excluding hydrogens is 302 g/mol. The van der Waals surface area contributed by atoms with Gasteiger partial charge in [-0.05, 0) is 19.3 Å². The van der Waals surface area contributed by atoms with E-state index >= 15 is 0 Å². The van der Waals surface area contributed by atoms with Gasteiger partial charge in [0.1, 0.15) is 6.04 Å². The SMILES string of the molecule is CNC(=O)C1CCCCN1c1nc(Cl)c(C(=O)OC)s1. The molecule has 0 bridgehead atoms. The second-order valence-corrected chi connectivity index (χ2v) is 5.76. The van der Waals surface area contributed by atoms with Crippen LogP contribution >= 0.6 is 22.9 Å². The maximum absolute atomic E-state index is 11.9. The van der Waals surface area contributed by atoms with E-state index in [1.165, 1.54) is 7.11 Å². The number of aromatic nitrogens is 1. The number of likely N-dealkylation sites (N-methyl/N-ethyl adjacent to an activating group) is 1. The summed E-state index contributed by atoms with van der Waals surface area (Å²) in [5, 5.41) is 3.37. The van der Waals surface area contributed by atoms with Gasteiger partial charge in [-0.1, -0.05) is 22.9 Å². The summed E-state index contributed by atoms with van der Waals surface area (Å²) in [5.74, 6) is -0.553. The van der Waals surface area contributed by atoms with E-state index in [0.717, 1.165) is 37.1 Å². The fourth-order valence-corrected chi connectivity index (χ4v) is 3.51. The van der Waals surface area contributed by atoms with Crippen LogP contribution in [0.1, 0.15) is 28.9 Å². The first-order valence-corrected chi connectivity index (χ1v) is 7.50. The number of hydrogen-bond donors (Lipinski definition) is 1. The molecule has 1 fully saturated rings. The van der Waals surface area contributed by atoms with Crippen LogP contribution in [-0.2, 0) is 9.53 Å². The number of methoxy groups -OCH3 is 1. The van der Waals surface area contributed by atoms with Crippen LogP contribution in [0.4, 0.5) is 5.13 Å². The number of nitrogens with zero attached hydrogens (tertiary/aromatic N) is 2. The normalized spacial score (nSPS) is 18.8. The lowest BCUT2D eigenvalue weighted by atomic mass is 10.0. The van der Waals surface area contributed by atoms with Gasteiger partial charge >= 0.3 is 5.97 Å². The minimum atomic E-state index is -0.507. The molecule has 1 amide bonds. The van der Waals surface area contributed by atoms with E-state index in [9.17, 15) is 9.59 Å². The Labute approximate surface area is 126 Å². The van der Waals surface area contributed by atoms with Crippen molar-refractivity contribution in [3.8, 4) is 0 Å². The van der Waals surface area contributed by atoms with Crippen molar-refractivity contribution in [3.63, 3.8) is 0 Å². The number of piperidine rings is 1. The number of anilines is 1. The van der Waals surface area contributed by atoms with Crippen molar-refractivity contribution in [3.05, 3.63) is 10.0 Å². The number of carbonyl (C=O) groups is 2. The summed E-state index contributed by atoms with van der Waals surface area (Å²) in [6, 6.07) is -0.263. The van der Waals surface area contributed by atoms with Crippen LogP contribution in [0.5, 0.6) is 0 Å². The lowest BCUT2D eigenvalue weighted by molar-refractivity contribution is -0.122. The largest absolute Gasteiger partial charge is 0.465 e. The van der Waals surface area contributed by atoms with Crippen molar-refractivity contribution in [2.24, 2.45) is 0 Å². The molecular formula is C12H16ClN3O3S. The van der Waals surface area contributed by atoms with Crippen molar-refractivity contribution in [2.75, 3.05) is 25.6 Å². The number of nitrogens with one attached hydrogen (secondary N) is 1. The summed E-state index contributed by atoms with van der Waals surface area (Å²) in [6.07, 6.45) is 2.75. The second-order valence-electron chi connectivity index (χ2n) is 4.43. The molecule has 1 N–H and O–H groups in total. The van der Waals surface area contributed by atoms with Crippen molar-refractivity contribution in [1.82, 2.24) is 10.3 Å². The molecule has 110 valence electrons. The molecule has 1 aliphatic heterocycles. The smallest absolute Gasteiger partial charge is 0.351 e. The highest BCUT2D eigenvalue weighted by molar-refractivity contribution is 7.18. The molecule has 0 aromatic carbocycles. The van der Waals surface area contributed by atoms with Crippen LogP contribution in [0.25, 0.3) is 0 Å². The van der Waals surface area contributed by atoms with Crippen LogP contribution in [0.15, 0.2) is 0 Å². The van der Waals surface area contributed by atoms with Gasteiger partial charge in [0, 0.05) is 13.6 Å². The number of esters is 1. The van der Waals surface area contributed by atoms with Gasteiger partial charge in [-0.2, -0.15) is 0 Å². The molecule has 1 aromatic rings. The molecule has 1 aliphatic rings. The third kappa shape index (κ3) is 2.88. The molecule has 1 unspecified atom stereocenters. The molecule has 8 heteroatoms. The van der Waals surface area contributed by atoms with Gasteiger partial charge in [0.15, 0.2) is 15.2 Å². The highest BCUT2D eigenvalue weighted by atomic mass is 35.5. The molecule has 1 atom stereocenters. The molecule has 6 nitrogen and oxygen atoms in total. The van der Waals surface area contributed by atoms with Crippen molar-refractivity contribution in [2.45, 2.75) is 25.3 Å². The van der Waals surface area contributed by atoms with Gasteiger partial charge in [-0.15, -0.1) is 0 Å². The van der Waals surface area contributed by atoms with Gasteiger partial charge in [0.2, 0.25) is 5.91 Å². The number of ether oxygens (including phenoxy) is 1. The Bertz CT molecular complexity index is 520. The van der Waals surface area contributed by atoms with E-state index < -0.39 is 5.97 Å². The Morgan fingerprint density at radius 1 is 1.50 bits per heavy atom. The zero-order valence-corrected chi connectivity index (χ0v) is 12.9. The van der Waals surface area contributed by atoms with Crippen LogP contribution < -0.4 is 10.2 Å². The minimum Gasteiger partial charge on any atom is -0.465 e. The lowest BCUT2D eigenvalue weighted by Gasteiger charge is -2.34. The third-order valence-electron chi connectivity index (χ3n) is 3.24. The number of carbonyl (C=O) groups excluding carboxylic acids is 2. The van der Waals surface area contributed by atoms with Gasteiger partial charge in [-0.3, -0.25) is 4.79 Å². The molecule has 1 aromatic heterocycles. The summed E-state index contributed by atoms with van der Waals surface area (Å²) in [5.41, 5.74) is 0. The van der Waals surface area contributed by atoms with Crippen LogP contribution in [0.2, 0.25) is 5.15 Å². The molecule has 0 radical (unpaired) electrons. The van der Waals surface area contributed by atoms with E-state index in [-0.39, 0.29) is 22.0 Å². The number of halogens is 1. The Balaban J connectivity index is 2.28. The minimum absolute atomic E-state index is 0.0457. The van der Waals surface area contributed by atoms with Gasteiger partial charge in [0.25, 0.3) is 0 Å². The van der Waals surface area contributed by atoms with E-state index in [4.69, 9.17) is 11.6 Å². The van der Waals surface area contributed by atoms with Crippen molar-refractivity contribution in [1.29, 1.82) is 0 Å². The third-order valence-corrected chi connectivity index (χ3v) is 4.70. The molecule has 2 rings (SSSR count). The van der Waals surface area contributed by atoms with E-state index in [0.29, 0.717) is 5.13 Å². The van der Waals surface area contributed by atoms with E-state index in [2.05, 4.69) is 15.0 Å². The van der Waals surface area contributed by atoms with E-state index in [1.54, 1.807) is 7.05 Å². The van der Waals surface area contributed by atoms with Crippen molar-refractivity contribution >= 4 is 39.9 Å². The maximum Gasteiger partial charge on any atom is 0.351 e. The van der Waals surface area contributed by atoms with Gasteiger partial charge in [0.05, 0.1) is 7.11 Å². The predicted molar refractivity (Wildman–Crippen MR) is 77.5 cm³/mol. The highest BCUT2D eigenvalue weighted by Crippen LogP contribution is 2.33. The predicted octanol–water partition coefficient (Wildman–Crippen LogP) is 1.69. The van der Waals surface area contributed by atoms with Crippen LogP contribution in [-0.4, -0.2) is 43.6 Å². The van der Waals surface area contributed by atoms with Gasteiger partial charge < -0.3 is 15.0 Å². The fourth-order valence-electron chi connectivity index (χ4n) is 2.23. The molecule has 20 heavy (non-hydrogen) atoms. The molecule has 0 saturated carbocycles. The zero-order valence-electron chi connectivity index (χ0n) is 11.3. The molecule has 0 aliphatic carbocycles. The monoisotopic (exact) mass is 317 g/mol. The highest BCUT2D eigenvalue weighted by Gasteiger charge is 2.31. The van der Waals surface area contributed by atoms with Crippen LogP contribution in [0.3, 0.4) is 0 Å². The Morgan fingerprint density at radius 3 is 2.90 bits per heavy atom. The van der Waals surface area contributed by atoms with Crippen molar-refractivity contribution < 1.29 is 14.3 Å². The number of thiazole rings is 1. The van der Waals surface area contributed by atoms with Gasteiger partial charge in [-0.25, -0.2) is 9.78 Å². The average Bonchev–Trinajstić information content (AvgIpc) is 2.87. The first-order valence-electron chi connectivity index (χ1n) is 6.31. The first-order chi connectivity index (χ1) is 9.58. The second kappa shape index (κ2) is 6.41. The maximum atomic E-state index is 11.9. The Hall–Kier alpha value is -1.34. The summed E-state index contributed by atoms with van der Waals surface area (Å²) >= 11 is 7.13. The quantitative estimate of drug-likeness (QED) is 0.859. The number of hydrogen-bond acceptors (Lipinski definition) is 6. The molecule has 1 saturated heterocycles. The molecule has 0 spiro atoms. The molecule has 2 heterocycles. The first kappa shape index (κ1) is 15.1. The van der Waals surface area contributed by atoms with Crippen LogP contribution in [0, 0.1) is 0 Å². The Kier molecular flexibility index (Phi) is 4.82. The summed E-state index contributed by atoms with van der Waals surface area (Å²) in [7, 11) is 2.91. The summed E-state index contributed by atoms with van der Waals surface area (Å²) in [4.78, 5) is 29.9. The lowest BCUT2D eigenvalue weighted by Crippen LogP contribution is -2.48. The standard InChI is InChI=1S/C12H16ClN3O3S/c1-14-10(17)7-5-3-4-6-16(7)12-15-9(13)8(20-12)11(18)19-2/h7H,3-6H2,1-2H3,(H,14,17). The Morgan fingerprint density at radius 2 is 2.25 bits per heavy atom. The summed E-state index contributed by atoms with van der Waals surface area (Å²) in [6.45, 7) is 0.725. The summed E-state index contributed by atoms with van der Waals surface area (Å²) < 4.78 is 4.66. The average molecular weight is 318 g/mol.